The van der Waals surface area contributed by atoms with E-state index in [4.69, 9.17) is 21.1 Å². The molecule has 2 aliphatic heterocycles. The highest BCUT2D eigenvalue weighted by atomic mass is 35.5. The zero-order chi connectivity index (χ0) is 25.1. The van der Waals surface area contributed by atoms with E-state index in [-0.39, 0.29) is 17.3 Å². The van der Waals surface area contributed by atoms with Crippen molar-refractivity contribution in [3.05, 3.63) is 58.4 Å². The van der Waals surface area contributed by atoms with Gasteiger partial charge in [0.15, 0.2) is 0 Å². The zero-order valence-corrected chi connectivity index (χ0v) is 20.9. The number of carboxylic acids is 1. The lowest BCUT2D eigenvalue weighted by molar-refractivity contribution is -0.152. The van der Waals surface area contributed by atoms with Gasteiger partial charge in [-0.3, -0.25) is 4.90 Å². The molecule has 2 heterocycles. The molecule has 0 radical (unpaired) electrons. The van der Waals surface area contributed by atoms with Crippen LogP contribution in [0.15, 0.2) is 58.4 Å². The highest BCUT2D eigenvalue weighted by Crippen LogP contribution is 2.49. The quantitative estimate of drug-likeness (QED) is 0.422. The van der Waals surface area contributed by atoms with Crippen LogP contribution in [0.3, 0.4) is 0 Å². The van der Waals surface area contributed by atoms with Crippen molar-refractivity contribution in [1.29, 1.82) is 0 Å². The fraction of sp³-hybridized carbons (Fsp3) is 0.519. The Hall–Kier alpha value is -2.80. The van der Waals surface area contributed by atoms with Gasteiger partial charge in [0, 0.05) is 18.0 Å². The Morgan fingerprint density at radius 3 is 2.71 bits per heavy atom. The van der Waals surface area contributed by atoms with Gasteiger partial charge in [-0.1, -0.05) is 30.4 Å². The summed E-state index contributed by atoms with van der Waals surface area (Å²) in [6, 6.07) is 0. The Morgan fingerprint density at radius 1 is 1.23 bits per heavy atom. The predicted octanol–water partition coefficient (Wildman–Crippen LogP) is 5.04. The Kier molecular flexibility index (Phi) is 5.74. The maximum absolute atomic E-state index is 13.0. The van der Waals surface area contributed by atoms with E-state index in [1.54, 1.807) is 20.8 Å². The first kappa shape index (κ1) is 23.9. The van der Waals surface area contributed by atoms with Gasteiger partial charge in [0.1, 0.15) is 16.9 Å². The third-order valence-electron chi connectivity index (χ3n) is 7.52. The van der Waals surface area contributed by atoms with Crippen molar-refractivity contribution in [3.63, 3.8) is 0 Å². The van der Waals surface area contributed by atoms with Crippen molar-refractivity contribution in [2.24, 2.45) is 11.8 Å². The number of halogens is 1. The molecular weight excluding hydrogens is 470 g/mol. The molecular formula is C27H30ClNO6. The Morgan fingerprint density at radius 2 is 2.00 bits per heavy atom. The molecule has 1 saturated heterocycles. The Labute approximate surface area is 209 Å². The largest absolute Gasteiger partial charge is 0.479 e. The second-order valence-corrected chi connectivity index (χ2v) is 11.4. The molecule has 3 unspecified atom stereocenters. The van der Waals surface area contributed by atoms with Gasteiger partial charge in [-0.05, 0) is 69.6 Å². The maximum Gasteiger partial charge on any atom is 0.411 e. The number of allylic oxidation sites excluding steroid dienone is 6. The van der Waals surface area contributed by atoms with E-state index in [1.165, 1.54) is 4.90 Å². The number of hydrogen-bond acceptors (Lipinski definition) is 5. The first-order chi connectivity index (χ1) is 16.5. The number of esters is 1. The molecule has 0 spiro atoms. The molecule has 0 bridgehead atoms. The number of amides is 1. The predicted molar refractivity (Wildman–Crippen MR) is 130 cm³/mol. The fourth-order valence-corrected chi connectivity index (χ4v) is 6.24. The zero-order valence-electron chi connectivity index (χ0n) is 20.2. The number of likely N-dealkylation sites (tertiary alicyclic amines) is 1. The van der Waals surface area contributed by atoms with Crippen LogP contribution in [0.4, 0.5) is 4.79 Å². The minimum Gasteiger partial charge on any atom is -0.479 e. The van der Waals surface area contributed by atoms with Crippen molar-refractivity contribution in [3.8, 4) is 0 Å². The van der Waals surface area contributed by atoms with Crippen LogP contribution >= 0.6 is 11.6 Å². The Bertz CT molecular complexity index is 1150. The average molecular weight is 500 g/mol. The van der Waals surface area contributed by atoms with Crippen molar-refractivity contribution in [1.82, 2.24) is 4.90 Å². The van der Waals surface area contributed by atoms with E-state index in [1.807, 2.05) is 30.4 Å². The van der Waals surface area contributed by atoms with Crippen LogP contribution < -0.4 is 0 Å². The van der Waals surface area contributed by atoms with Crippen LogP contribution in [0.2, 0.25) is 0 Å². The number of aliphatic carboxylic acids is 1. The van der Waals surface area contributed by atoms with Crippen LogP contribution in [0.5, 0.6) is 0 Å². The van der Waals surface area contributed by atoms with E-state index in [0.29, 0.717) is 50.0 Å². The van der Waals surface area contributed by atoms with E-state index in [9.17, 15) is 19.5 Å². The monoisotopic (exact) mass is 499 g/mol. The second kappa shape index (κ2) is 8.40. The third-order valence-corrected chi connectivity index (χ3v) is 7.82. The van der Waals surface area contributed by atoms with Gasteiger partial charge in [0.2, 0.25) is 0 Å². The number of nitrogens with zero attached hydrogens (tertiary/aromatic N) is 1. The van der Waals surface area contributed by atoms with Crippen molar-refractivity contribution in [2.75, 3.05) is 6.54 Å². The lowest BCUT2D eigenvalue weighted by Crippen LogP contribution is -2.58. The number of carbonyl (C=O) groups is 3. The number of hydrogen-bond donors (Lipinski definition) is 1. The molecule has 0 aromatic heterocycles. The summed E-state index contributed by atoms with van der Waals surface area (Å²) in [7, 11) is 0. The summed E-state index contributed by atoms with van der Waals surface area (Å²) in [5.41, 5.74) is 1.25. The van der Waals surface area contributed by atoms with E-state index in [2.05, 4.69) is 0 Å². The molecule has 3 aliphatic carbocycles. The molecule has 8 heteroatoms. The standard InChI is InChI=1S/C27H30ClNO6/c1-26(2,3)35-25(33)29-12-4-11-27(29,24(31)32)16-6-9-18-15(13-16)5-8-20-19-10-7-17(28)14-21(19)23(30)34-22(18)20/h5,7-8,10,13,16-17,20H,4,6,9,11-12,14H2,1-3H3,(H,31,32)/t16?,17?,20?,27-/m1/s1. The minimum atomic E-state index is -1.36. The summed E-state index contributed by atoms with van der Waals surface area (Å²) in [4.78, 5) is 39.9. The minimum absolute atomic E-state index is 0.148. The summed E-state index contributed by atoms with van der Waals surface area (Å²) in [6.07, 6.45) is 11.7. The molecule has 0 aromatic rings. The molecule has 4 atom stereocenters. The Balaban J connectivity index is 1.49. The molecule has 186 valence electrons. The normalized spacial score (nSPS) is 32.0. The number of carboxylic acid groups (broad SMARTS) is 1. The summed E-state index contributed by atoms with van der Waals surface area (Å²) in [6.45, 7) is 5.66. The second-order valence-electron chi connectivity index (χ2n) is 10.8. The summed E-state index contributed by atoms with van der Waals surface area (Å²) < 4.78 is 11.4. The summed E-state index contributed by atoms with van der Waals surface area (Å²) in [5, 5.41) is 10.2. The molecule has 5 rings (SSSR count). The van der Waals surface area contributed by atoms with Gasteiger partial charge in [-0.25, -0.2) is 14.4 Å². The molecule has 0 saturated carbocycles. The lowest BCUT2D eigenvalue weighted by Gasteiger charge is -2.43. The maximum atomic E-state index is 13.0. The van der Waals surface area contributed by atoms with Gasteiger partial charge in [-0.15, -0.1) is 11.6 Å². The molecule has 1 amide bonds. The number of fused-ring (bicyclic) bond motifs is 3. The van der Waals surface area contributed by atoms with Gasteiger partial charge < -0.3 is 14.6 Å². The van der Waals surface area contributed by atoms with E-state index < -0.39 is 29.1 Å². The van der Waals surface area contributed by atoms with Crippen LogP contribution in [0.1, 0.15) is 52.9 Å². The molecule has 1 fully saturated rings. The van der Waals surface area contributed by atoms with Crippen LogP contribution in [0.25, 0.3) is 0 Å². The number of rotatable bonds is 2. The first-order valence-electron chi connectivity index (χ1n) is 12.2. The smallest absolute Gasteiger partial charge is 0.411 e. The topological polar surface area (TPSA) is 93.1 Å². The number of alkyl halides is 1. The van der Waals surface area contributed by atoms with Crippen LogP contribution in [-0.2, 0) is 19.1 Å². The first-order valence-corrected chi connectivity index (χ1v) is 12.6. The highest BCUT2D eigenvalue weighted by Gasteiger charge is 2.56. The number of carbonyl (C=O) groups excluding carboxylic acids is 2. The highest BCUT2D eigenvalue weighted by molar-refractivity contribution is 6.22. The van der Waals surface area contributed by atoms with E-state index in [0.717, 1.165) is 16.7 Å². The SMILES string of the molecule is CC(C)(C)OC(=O)N1CCC[C@]1(C(=O)O)C1C=C2C=CC3C4=C(CC(Cl)C=C4)C(=O)OC3=C2CC1. The molecule has 35 heavy (non-hydrogen) atoms. The average Bonchev–Trinajstić information content (AvgIpc) is 3.24. The fourth-order valence-electron chi connectivity index (χ4n) is 6.01. The molecule has 7 nitrogen and oxygen atoms in total. The number of ether oxygens (including phenoxy) is 2. The lowest BCUT2D eigenvalue weighted by atomic mass is 9.70. The van der Waals surface area contributed by atoms with E-state index >= 15 is 0 Å². The molecule has 1 N–H and O–H groups in total. The third kappa shape index (κ3) is 3.94. The van der Waals surface area contributed by atoms with Gasteiger partial charge in [0.25, 0.3) is 0 Å². The van der Waals surface area contributed by atoms with Crippen LogP contribution in [0, 0.1) is 11.8 Å². The summed E-state index contributed by atoms with van der Waals surface area (Å²) >= 11 is 6.22. The van der Waals surface area contributed by atoms with Crippen molar-refractivity contribution in [2.45, 2.75) is 69.4 Å². The van der Waals surface area contributed by atoms with Crippen LogP contribution in [-0.4, -0.2) is 51.1 Å². The molecule has 5 aliphatic rings. The molecule has 0 aromatic carbocycles. The van der Waals surface area contributed by atoms with Gasteiger partial charge >= 0.3 is 18.0 Å². The van der Waals surface area contributed by atoms with Crippen molar-refractivity contribution < 1.29 is 29.0 Å². The summed E-state index contributed by atoms with van der Waals surface area (Å²) in [5.74, 6) is -1.29. The van der Waals surface area contributed by atoms with Gasteiger partial charge in [0.05, 0.1) is 11.3 Å². The van der Waals surface area contributed by atoms with Crippen molar-refractivity contribution >= 4 is 29.6 Å². The van der Waals surface area contributed by atoms with Gasteiger partial charge in [-0.2, -0.15) is 0 Å².